The fourth-order valence-corrected chi connectivity index (χ4v) is 1.56. The van der Waals surface area contributed by atoms with Gasteiger partial charge in [0, 0.05) is 0 Å². The van der Waals surface area contributed by atoms with Crippen molar-refractivity contribution in [2.24, 2.45) is 0 Å². The van der Waals surface area contributed by atoms with Gasteiger partial charge in [-0.05, 0) is 27.1 Å². The average Bonchev–Trinajstić information content (AvgIpc) is 2.09. The molecular weight excluding hydrogens is 194 g/mol. The van der Waals surface area contributed by atoms with Crippen molar-refractivity contribution in [1.82, 2.24) is 4.90 Å². The van der Waals surface area contributed by atoms with Crippen molar-refractivity contribution in [3.05, 3.63) is 0 Å². The third-order valence-corrected chi connectivity index (χ3v) is 2.46. The van der Waals surface area contributed by atoms with Gasteiger partial charge < -0.3 is 4.90 Å². The molecule has 0 unspecified atom stereocenters. The highest BCUT2D eigenvalue weighted by atomic mass is 35.5. The van der Waals surface area contributed by atoms with E-state index >= 15 is 0 Å². The Morgan fingerprint density at radius 3 is 1.57 bits per heavy atom. The molecule has 0 aromatic rings. The van der Waals surface area contributed by atoms with Crippen LogP contribution in [0.1, 0.15) is 58.3 Å². The third kappa shape index (κ3) is 14.8. The van der Waals surface area contributed by atoms with E-state index in [9.17, 15) is 0 Å². The molecule has 0 atom stereocenters. The van der Waals surface area contributed by atoms with Crippen LogP contribution in [-0.2, 0) is 0 Å². The Hall–Kier alpha value is 0.250. The van der Waals surface area contributed by atoms with Crippen molar-refractivity contribution < 1.29 is 0 Å². The number of hydrogen-bond donors (Lipinski definition) is 0. The van der Waals surface area contributed by atoms with Crippen LogP contribution in [0.15, 0.2) is 0 Å². The topological polar surface area (TPSA) is 3.24 Å². The molecule has 0 amide bonds. The number of unbranched alkanes of at least 4 members (excludes halogenated alkanes) is 7. The Kier molecular flexibility index (Phi) is 15.8. The van der Waals surface area contributed by atoms with Gasteiger partial charge in [-0.2, -0.15) is 0 Å². The summed E-state index contributed by atoms with van der Waals surface area (Å²) in [5, 5.41) is 0. The zero-order valence-corrected chi connectivity index (χ0v) is 11.0. The minimum Gasteiger partial charge on any atom is -0.309 e. The van der Waals surface area contributed by atoms with Crippen LogP contribution in [-0.4, -0.2) is 25.5 Å². The van der Waals surface area contributed by atoms with E-state index in [1.54, 1.807) is 0 Å². The Morgan fingerprint density at radius 1 is 0.714 bits per heavy atom. The van der Waals surface area contributed by atoms with E-state index in [0.717, 1.165) is 0 Å². The number of nitrogens with zero attached hydrogens (tertiary/aromatic N) is 1. The smallest absolute Gasteiger partial charge is 0.00248 e. The maximum Gasteiger partial charge on any atom is -0.00248 e. The fourth-order valence-electron chi connectivity index (χ4n) is 1.56. The van der Waals surface area contributed by atoms with Crippen molar-refractivity contribution in [2.75, 3.05) is 20.6 Å². The first-order valence-electron chi connectivity index (χ1n) is 5.92. The van der Waals surface area contributed by atoms with Gasteiger partial charge in [0.1, 0.15) is 0 Å². The zero-order chi connectivity index (χ0) is 9.94. The number of rotatable bonds is 9. The van der Waals surface area contributed by atoms with Crippen molar-refractivity contribution in [3.63, 3.8) is 0 Å². The van der Waals surface area contributed by atoms with Crippen molar-refractivity contribution in [2.45, 2.75) is 58.3 Å². The molecule has 0 aromatic carbocycles. The first-order valence-corrected chi connectivity index (χ1v) is 5.92. The first kappa shape index (κ1) is 16.7. The largest absolute Gasteiger partial charge is 0.309 e. The van der Waals surface area contributed by atoms with Gasteiger partial charge in [0.25, 0.3) is 0 Å². The molecule has 88 valence electrons. The SMILES string of the molecule is CCCCCCCCCCN(C)C.Cl. The molecule has 0 N–H and O–H groups in total. The van der Waals surface area contributed by atoms with Gasteiger partial charge in [0.15, 0.2) is 0 Å². The molecule has 0 rings (SSSR count). The minimum absolute atomic E-state index is 0. The minimum atomic E-state index is 0. The molecule has 0 saturated carbocycles. The Bertz CT molecular complexity index is 94.3. The Labute approximate surface area is 96.7 Å². The van der Waals surface area contributed by atoms with E-state index in [1.807, 2.05) is 0 Å². The van der Waals surface area contributed by atoms with Crippen LogP contribution in [0.25, 0.3) is 0 Å². The molecule has 0 aliphatic rings. The zero-order valence-electron chi connectivity index (χ0n) is 10.2. The van der Waals surface area contributed by atoms with Gasteiger partial charge >= 0.3 is 0 Å². The summed E-state index contributed by atoms with van der Waals surface area (Å²) >= 11 is 0. The fraction of sp³-hybridized carbons (Fsp3) is 1.00. The molecule has 0 fully saturated rings. The summed E-state index contributed by atoms with van der Waals surface area (Å²) in [5.74, 6) is 0. The molecule has 0 aromatic heterocycles. The Balaban J connectivity index is 0. The van der Waals surface area contributed by atoms with E-state index < -0.39 is 0 Å². The van der Waals surface area contributed by atoms with Crippen LogP contribution in [0.3, 0.4) is 0 Å². The maximum atomic E-state index is 2.27. The molecule has 0 saturated heterocycles. The lowest BCUT2D eigenvalue weighted by atomic mass is 10.1. The van der Waals surface area contributed by atoms with Gasteiger partial charge in [0.2, 0.25) is 0 Å². The molecular formula is C12H28ClN. The summed E-state index contributed by atoms with van der Waals surface area (Å²) < 4.78 is 0. The maximum absolute atomic E-state index is 2.27. The molecule has 0 aliphatic heterocycles. The van der Waals surface area contributed by atoms with Crippen LogP contribution in [0.5, 0.6) is 0 Å². The van der Waals surface area contributed by atoms with Crippen LogP contribution in [0.4, 0.5) is 0 Å². The van der Waals surface area contributed by atoms with Gasteiger partial charge in [-0.25, -0.2) is 0 Å². The van der Waals surface area contributed by atoms with E-state index in [1.165, 1.54) is 57.9 Å². The van der Waals surface area contributed by atoms with Crippen molar-refractivity contribution in [3.8, 4) is 0 Å². The average molecular weight is 222 g/mol. The number of halogens is 1. The Morgan fingerprint density at radius 2 is 1.14 bits per heavy atom. The molecule has 0 spiro atoms. The van der Waals surface area contributed by atoms with Crippen LogP contribution in [0.2, 0.25) is 0 Å². The van der Waals surface area contributed by atoms with Crippen molar-refractivity contribution in [1.29, 1.82) is 0 Å². The summed E-state index contributed by atoms with van der Waals surface area (Å²) in [6, 6.07) is 0. The highest BCUT2D eigenvalue weighted by molar-refractivity contribution is 5.85. The van der Waals surface area contributed by atoms with Crippen molar-refractivity contribution >= 4 is 12.4 Å². The van der Waals surface area contributed by atoms with Gasteiger partial charge in [-0.1, -0.05) is 51.9 Å². The lowest BCUT2D eigenvalue weighted by molar-refractivity contribution is 0.389. The lowest BCUT2D eigenvalue weighted by Crippen LogP contribution is -2.12. The second-order valence-electron chi connectivity index (χ2n) is 4.28. The van der Waals surface area contributed by atoms with Gasteiger partial charge in [-0.3, -0.25) is 0 Å². The van der Waals surface area contributed by atoms with Crippen LogP contribution >= 0.6 is 12.4 Å². The first-order chi connectivity index (χ1) is 6.27. The number of hydrogen-bond acceptors (Lipinski definition) is 1. The summed E-state index contributed by atoms with van der Waals surface area (Å²) in [5.41, 5.74) is 0. The highest BCUT2D eigenvalue weighted by Gasteiger charge is 1.92. The normalized spacial score (nSPS) is 10.3. The standard InChI is InChI=1S/C12H27N.ClH/c1-4-5-6-7-8-9-10-11-12-13(2)3;/h4-12H2,1-3H3;1H. The summed E-state index contributed by atoms with van der Waals surface area (Å²) in [7, 11) is 4.31. The summed E-state index contributed by atoms with van der Waals surface area (Å²) in [6.45, 7) is 3.53. The van der Waals surface area contributed by atoms with E-state index in [-0.39, 0.29) is 12.4 Å². The molecule has 1 nitrogen and oxygen atoms in total. The second-order valence-corrected chi connectivity index (χ2v) is 4.28. The second kappa shape index (κ2) is 13.2. The molecule has 14 heavy (non-hydrogen) atoms. The lowest BCUT2D eigenvalue weighted by Gasteiger charge is -2.08. The summed E-state index contributed by atoms with van der Waals surface area (Å²) in [4.78, 5) is 2.27. The molecule has 0 heterocycles. The molecule has 0 bridgehead atoms. The monoisotopic (exact) mass is 221 g/mol. The van der Waals surface area contributed by atoms with Gasteiger partial charge in [-0.15, -0.1) is 12.4 Å². The quantitative estimate of drug-likeness (QED) is 0.530. The third-order valence-electron chi connectivity index (χ3n) is 2.46. The predicted octanol–water partition coefficient (Wildman–Crippen LogP) is 4.11. The molecule has 0 aliphatic carbocycles. The summed E-state index contributed by atoms with van der Waals surface area (Å²) in [6.07, 6.45) is 11.4. The van der Waals surface area contributed by atoms with Crippen LogP contribution in [0, 0.1) is 0 Å². The van der Waals surface area contributed by atoms with Gasteiger partial charge in [0.05, 0.1) is 0 Å². The van der Waals surface area contributed by atoms with E-state index in [4.69, 9.17) is 0 Å². The van der Waals surface area contributed by atoms with Crippen LogP contribution < -0.4 is 0 Å². The van der Waals surface area contributed by atoms with E-state index in [2.05, 4.69) is 25.9 Å². The highest BCUT2D eigenvalue weighted by Crippen LogP contribution is 2.08. The molecule has 0 radical (unpaired) electrons. The molecule has 2 heteroatoms. The predicted molar refractivity (Wildman–Crippen MR) is 68.4 cm³/mol. The van der Waals surface area contributed by atoms with E-state index in [0.29, 0.717) is 0 Å².